The van der Waals surface area contributed by atoms with Crippen molar-refractivity contribution in [3.63, 3.8) is 0 Å². The summed E-state index contributed by atoms with van der Waals surface area (Å²) >= 11 is 0. The first-order valence-corrected chi connectivity index (χ1v) is 4.95. The molecule has 1 rings (SSSR count). The van der Waals surface area contributed by atoms with Gasteiger partial charge < -0.3 is 15.2 Å². The zero-order chi connectivity index (χ0) is 9.52. The fourth-order valence-electron chi connectivity index (χ4n) is 1.49. The second kappa shape index (κ2) is 6.32. The Balaban J connectivity index is 2.03. The van der Waals surface area contributed by atoms with Gasteiger partial charge in [-0.25, -0.2) is 0 Å². The Bertz CT molecular complexity index is 127. The molecule has 1 aliphatic rings. The largest absolute Gasteiger partial charge is 0.392 e. The van der Waals surface area contributed by atoms with E-state index in [4.69, 9.17) is 4.74 Å². The second-order valence-corrected chi connectivity index (χ2v) is 3.45. The molecule has 0 bridgehead atoms. The van der Waals surface area contributed by atoms with Gasteiger partial charge in [-0.1, -0.05) is 0 Å². The minimum Gasteiger partial charge on any atom is -0.392 e. The number of aliphatic hydroxyl groups excluding tert-OH is 1. The molecular formula is C9H20N2O2. The van der Waals surface area contributed by atoms with Gasteiger partial charge in [0.2, 0.25) is 0 Å². The Hall–Kier alpha value is -0.160. The molecule has 0 radical (unpaired) electrons. The number of nitrogens with one attached hydrogen (secondary N) is 1. The molecule has 1 fully saturated rings. The minimum absolute atomic E-state index is 0.215. The van der Waals surface area contributed by atoms with Gasteiger partial charge in [-0.15, -0.1) is 0 Å². The number of ether oxygens (including phenoxy) is 1. The number of rotatable bonds is 5. The molecule has 0 spiro atoms. The van der Waals surface area contributed by atoms with Crippen molar-refractivity contribution in [1.29, 1.82) is 0 Å². The predicted octanol–water partition coefficient (Wildman–Crippen LogP) is -0.711. The lowest BCUT2D eigenvalue weighted by Gasteiger charge is -2.27. The predicted molar refractivity (Wildman–Crippen MR) is 51.8 cm³/mol. The van der Waals surface area contributed by atoms with E-state index in [0.29, 0.717) is 6.54 Å². The molecule has 78 valence electrons. The van der Waals surface area contributed by atoms with Crippen LogP contribution in [0.25, 0.3) is 0 Å². The third-order valence-electron chi connectivity index (χ3n) is 2.32. The molecule has 0 saturated carbocycles. The Labute approximate surface area is 79.9 Å². The fraction of sp³-hybridized carbons (Fsp3) is 1.00. The zero-order valence-electron chi connectivity index (χ0n) is 8.33. The van der Waals surface area contributed by atoms with Crippen LogP contribution in [0.4, 0.5) is 0 Å². The Morgan fingerprint density at radius 1 is 1.46 bits per heavy atom. The Morgan fingerprint density at radius 2 is 2.15 bits per heavy atom. The van der Waals surface area contributed by atoms with Crippen LogP contribution in [0.2, 0.25) is 0 Å². The van der Waals surface area contributed by atoms with Gasteiger partial charge in [0, 0.05) is 26.2 Å². The summed E-state index contributed by atoms with van der Waals surface area (Å²) in [6, 6.07) is 0. The van der Waals surface area contributed by atoms with Crippen molar-refractivity contribution >= 4 is 0 Å². The normalized spacial score (nSPS) is 21.7. The van der Waals surface area contributed by atoms with Crippen LogP contribution in [0.15, 0.2) is 0 Å². The number of hydrogen-bond acceptors (Lipinski definition) is 4. The van der Waals surface area contributed by atoms with Crippen molar-refractivity contribution in [3.05, 3.63) is 0 Å². The molecule has 0 aromatic heterocycles. The average Bonchev–Trinajstić information content (AvgIpc) is 2.17. The first-order chi connectivity index (χ1) is 6.33. The molecule has 0 aromatic rings. The van der Waals surface area contributed by atoms with E-state index in [1.807, 2.05) is 7.05 Å². The molecule has 0 aromatic carbocycles. The van der Waals surface area contributed by atoms with E-state index in [9.17, 15) is 5.11 Å². The lowest BCUT2D eigenvalue weighted by atomic mass is 10.2. The van der Waals surface area contributed by atoms with E-state index >= 15 is 0 Å². The minimum atomic E-state index is -0.215. The molecule has 0 aliphatic carbocycles. The summed E-state index contributed by atoms with van der Waals surface area (Å²) in [5.41, 5.74) is 0. The van der Waals surface area contributed by atoms with E-state index in [2.05, 4.69) is 10.2 Å². The van der Waals surface area contributed by atoms with Gasteiger partial charge in [-0.2, -0.15) is 0 Å². The van der Waals surface area contributed by atoms with Crippen LogP contribution in [0.5, 0.6) is 0 Å². The van der Waals surface area contributed by atoms with Gasteiger partial charge in [0.15, 0.2) is 0 Å². The third kappa shape index (κ3) is 4.57. The highest BCUT2D eigenvalue weighted by Gasteiger charge is 2.11. The van der Waals surface area contributed by atoms with Crippen molar-refractivity contribution < 1.29 is 9.84 Å². The van der Waals surface area contributed by atoms with E-state index in [-0.39, 0.29) is 6.10 Å². The summed E-state index contributed by atoms with van der Waals surface area (Å²) in [5.74, 6) is 0. The highest BCUT2D eigenvalue weighted by Crippen LogP contribution is 1.99. The van der Waals surface area contributed by atoms with Crippen molar-refractivity contribution in [2.45, 2.75) is 12.5 Å². The lowest BCUT2D eigenvalue weighted by molar-refractivity contribution is 0.0303. The molecule has 1 unspecified atom stereocenters. The van der Waals surface area contributed by atoms with Crippen molar-refractivity contribution in [2.24, 2.45) is 0 Å². The Kier molecular flexibility index (Phi) is 5.31. The maximum absolute atomic E-state index is 9.46. The maximum atomic E-state index is 9.46. The average molecular weight is 188 g/mol. The number of aliphatic hydroxyl groups is 1. The summed E-state index contributed by atoms with van der Waals surface area (Å²) < 4.78 is 5.24. The van der Waals surface area contributed by atoms with E-state index in [0.717, 1.165) is 39.3 Å². The van der Waals surface area contributed by atoms with Gasteiger partial charge in [0.25, 0.3) is 0 Å². The topological polar surface area (TPSA) is 44.7 Å². The summed E-state index contributed by atoms with van der Waals surface area (Å²) in [6.07, 6.45) is 0.633. The summed E-state index contributed by atoms with van der Waals surface area (Å²) in [5, 5.41) is 12.4. The molecule has 2 N–H and O–H groups in total. The molecule has 4 nitrogen and oxygen atoms in total. The van der Waals surface area contributed by atoms with E-state index < -0.39 is 0 Å². The quantitative estimate of drug-likeness (QED) is 0.598. The molecule has 13 heavy (non-hydrogen) atoms. The number of nitrogens with zero attached hydrogens (tertiary/aromatic N) is 1. The smallest absolute Gasteiger partial charge is 0.0676 e. The highest BCUT2D eigenvalue weighted by atomic mass is 16.5. The highest BCUT2D eigenvalue weighted by molar-refractivity contribution is 4.65. The molecule has 4 heteroatoms. The zero-order valence-corrected chi connectivity index (χ0v) is 8.33. The van der Waals surface area contributed by atoms with Gasteiger partial charge in [-0.05, 0) is 13.5 Å². The molecular weight excluding hydrogens is 168 g/mol. The van der Waals surface area contributed by atoms with Crippen LogP contribution < -0.4 is 5.32 Å². The molecule has 1 atom stereocenters. The van der Waals surface area contributed by atoms with E-state index in [1.165, 1.54) is 0 Å². The number of hydrogen-bond donors (Lipinski definition) is 2. The van der Waals surface area contributed by atoms with Crippen molar-refractivity contribution in [3.8, 4) is 0 Å². The third-order valence-corrected chi connectivity index (χ3v) is 2.32. The SMILES string of the molecule is CNCC(O)CCN1CCOCC1. The number of likely N-dealkylation sites (N-methyl/N-ethyl adjacent to an activating group) is 1. The van der Waals surface area contributed by atoms with E-state index in [1.54, 1.807) is 0 Å². The van der Waals surface area contributed by atoms with Crippen LogP contribution >= 0.6 is 0 Å². The van der Waals surface area contributed by atoms with Crippen LogP contribution in [-0.4, -0.2) is 62.6 Å². The molecule has 1 saturated heterocycles. The van der Waals surface area contributed by atoms with Gasteiger partial charge in [0.1, 0.15) is 0 Å². The maximum Gasteiger partial charge on any atom is 0.0676 e. The van der Waals surface area contributed by atoms with Gasteiger partial charge in [0.05, 0.1) is 19.3 Å². The van der Waals surface area contributed by atoms with Crippen LogP contribution in [0.1, 0.15) is 6.42 Å². The second-order valence-electron chi connectivity index (χ2n) is 3.45. The summed E-state index contributed by atoms with van der Waals surface area (Å²) in [7, 11) is 1.86. The first kappa shape index (κ1) is 10.9. The fourth-order valence-corrected chi connectivity index (χ4v) is 1.49. The number of morpholine rings is 1. The lowest BCUT2D eigenvalue weighted by Crippen LogP contribution is -2.38. The monoisotopic (exact) mass is 188 g/mol. The molecule has 1 aliphatic heterocycles. The molecule has 1 heterocycles. The van der Waals surface area contributed by atoms with Crippen LogP contribution in [0, 0.1) is 0 Å². The Morgan fingerprint density at radius 3 is 2.77 bits per heavy atom. The standard InChI is InChI=1S/C9H20N2O2/c1-10-8-9(12)2-3-11-4-6-13-7-5-11/h9-10,12H,2-8H2,1H3. The first-order valence-electron chi connectivity index (χ1n) is 4.95. The molecule has 0 amide bonds. The van der Waals surface area contributed by atoms with Crippen molar-refractivity contribution in [2.75, 3.05) is 46.4 Å². The summed E-state index contributed by atoms with van der Waals surface area (Å²) in [6.45, 7) is 5.35. The van der Waals surface area contributed by atoms with Crippen LogP contribution in [0.3, 0.4) is 0 Å². The van der Waals surface area contributed by atoms with Crippen LogP contribution in [-0.2, 0) is 4.74 Å². The van der Waals surface area contributed by atoms with Crippen molar-refractivity contribution in [1.82, 2.24) is 10.2 Å². The van der Waals surface area contributed by atoms with Gasteiger partial charge in [-0.3, -0.25) is 4.90 Å². The summed E-state index contributed by atoms with van der Waals surface area (Å²) in [4.78, 5) is 2.34. The van der Waals surface area contributed by atoms with Gasteiger partial charge >= 0.3 is 0 Å².